The fourth-order valence-electron chi connectivity index (χ4n) is 2.07. The van der Waals surface area contributed by atoms with E-state index in [1.54, 1.807) is 4.90 Å². The molecule has 0 saturated heterocycles. The second-order valence-corrected chi connectivity index (χ2v) is 5.03. The Morgan fingerprint density at radius 1 is 1.21 bits per heavy atom. The van der Waals surface area contributed by atoms with Crippen molar-refractivity contribution < 1.29 is 14.7 Å². The molecule has 0 unspecified atom stereocenters. The summed E-state index contributed by atoms with van der Waals surface area (Å²) in [5, 5.41) is 8.69. The predicted octanol–water partition coefficient (Wildman–Crippen LogP) is 2.68. The maximum Gasteiger partial charge on any atom is 0.303 e. The van der Waals surface area contributed by atoms with E-state index in [9.17, 15) is 9.59 Å². The van der Waals surface area contributed by atoms with Gasteiger partial charge in [0.15, 0.2) is 0 Å². The van der Waals surface area contributed by atoms with Crippen LogP contribution in [0.5, 0.6) is 0 Å². The molecule has 1 aromatic carbocycles. The first-order valence-electron chi connectivity index (χ1n) is 6.74. The topological polar surface area (TPSA) is 57.6 Å². The molecule has 1 amide bonds. The van der Waals surface area contributed by atoms with Crippen molar-refractivity contribution in [3.8, 4) is 0 Å². The van der Waals surface area contributed by atoms with Crippen molar-refractivity contribution in [3.63, 3.8) is 0 Å². The average molecular weight is 261 g/mol. The number of amides is 1. The Balaban J connectivity index is 1.99. The van der Waals surface area contributed by atoms with Gasteiger partial charge >= 0.3 is 5.97 Å². The molecule has 0 bridgehead atoms. The first kappa shape index (κ1) is 13.6. The van der Waals surface area contributed by atoms with Crippen LogP contribution in [0.3, 0.4) is 0 Å². The van der Waals surface area contributed by atoms with E-state index < -0.39 is 5.97 Å². The molecule has 2 rings (SSSR count). The summed E-state index contributed by atoms with van der Waals surface area (Å²) in [6.07, 6.45) is 3.45. The lowest BCUT2D eigenvalue weighted by Crippen LogP contribution is -2.32. The Kier molecular flexibility index (Phi) is 4.55. The van der Waals surface area contributed by atoms with Gasteiger partial charge in [-0.15, -0.1) is 0 Å². The van der Waals surface area contributed by atoms with E-state index >= 15 is 0 Å². The quantitative estimate of drug-likeness (QED) is 0.821. The number of carbonyl (C=O) groups is 2. The zero-order chi connectivity index (χ0) is 13.7. The molecule has 0 aromatic heterocycles. The van der Waals surface area contributed by atoms with E-state index in [2.05, 4.69) is 0 Å². The maximum absolute atomic E-state index is 12.2. The molecule has 1 fully saturated rings. The molecule has 0 aliphatic heterocycles. The van der Waals surface area contributed by atoms with Gasteiger partial charge in [-0.3, -0.25) is 9.59 Å². The van der Waals surface area contributed by atoms with Crippen LogP contribution < -0.4 is 4.90 Å². The van der Waals surface area contributed by atoms with Crippen LogP contribution in [0.25, 0.3) is 0 Å². The van der Waals surface area contributed by atoms with Gasteiger partial charge < -0.3 is 10.0 Å². The molecule has 0 heterocycles. The number of rotatable bonds is 7. The molecule has 0 radical (unpaired) electrons. The molecule has 4 nitrogen and oxygen atoms in total. The van der Waals surface area contributed by atoms with Crippen molar-refractivity contribution in [1.29, 1.82) is 0 Å². The molecule has 1 aromatic rings. The highest BCUT2D eigenvalue weighted by Gasteiger charge is 2.27. The molecule has 0 atom stereocenters. The van der Waals surface area contributed by atoms with Crippen LogP contribution in [0.15, 0.2) is 30.3 Å². The molecule has 1 N–H and O–H groups in total. The lowest BCUT2D eigenvalue weighted by Gasteiger charge is -2.22. The number of carboxylic acids is 1. The van der Waals surface area contributed by atoms with E-state index in [0.717, 1.165) is 18.5 Å². The molecule has 1 saturated carbocycles. The molecular formula is C15H19NO3. The van der Waals surface area contributed by atoms with Crippen LogP contribution in [0.1, 0.15) is 32.1 Å². The van der Waals surface area contributed by atoms with Crippen LogP contribution in [-0.2, 0) is 9.59 Å². The first-order valence-corrected chi connectivity index (χ1v) is 6.74. The summed E-state index contributed by atoms with van der Waals surface area (Å²) in [4.78, 5) is 24.5. The summed E-state index contributed by atoms with van der Waals surface area (Å²) < 4.78 is 0. The highest BCUT2D eigenvalue weighted by molar-refractivity contribution is 5.93. The molecule has 4 heteroatoms. The van der Waals surface area contributed by atoms with E-state index in [4.69, 9.17) is 5.11 Å². The van der Waals surface area contributed by atoms with E-state index in [0.29, 0.717) is 25.3 Å². The van der Waals surface area contributed by atoms with Crippen molar-refractivity contribution in [2.75, 3.05) is 11.4 Å². The second kappa shape index (κ2) is 6.36. The Bertz CT molecular complexity index is 440. The molecule has 0 spiro atoms. The zero-order valence-electron chi connectivity index (χ0n) is 10.9. The Hall–Kier alpha value is -1.84. The van der Waals surface area contributed by atoms with Crippen molar-refractivity contribution in [2.45, 2.75) is 32.1 Å². The Labute approximate surface area is 113 Å². The van der Waals surface area contributed by atoms with Crippen molar-refractivity contribution in [2.24, 2.45) is 5.92 Å². The van der Waals surface area contributed by atoms with Gasteiger partial charge in [-0.1, -0.05) is 18.2 Å². The fourth-order valence-corrected chi connectivity index (χ4v) is 2.07. The third-order valence-corrected chi connectivity index (χ3v) is 3.30. The fraction of sp³-hybridized carbons (Fsp3) is 0.467. The second-order valence-electron chi connectivity index (χ2n) is 5.03. The lowest BCUT2D eigenvalue weighted by atomic mass is 10.2. The van der Waals surface area contributed by atoms with Gasteiger partial charge in [-0.2, -0.15) is 0 Å². The smallest absolute Gasteiger partial charge is 0.303 e. The number of benzene rings is 1. The summed E-state index contributed by atoms with van der Waals surface area (Å²) in [6.45, 7) is 0.474. The molecule has 102 valence electrons. The van der Waals surface area contributed by atoms with Crippen molar-refractivity contribution in [1.82, 2.24) is 0 Å². The van der Waals surface area contributed by atoms with E-state index in [1.165, 1.54) is 0 Å². The van der Waals surface area contributed by atoms with Gasteiger partial charge in [0.25, 0.3) is 0 Å². The van der Waals surface area contributed by atoms with Crippen LogP contribution in [-0.4, -0.2) is 23.5 Å². The normalized spacial score (nSPS) is 14.1. The Morgan fingerprint density at radius 2 is 1.89 bits per heavy atom. The Morgan fingerprint density at radius 3 is 2.47 bits per heavy atom. The highest BCUT2D eigenvalue weighted by atomic mass is 16.4. The molecule has 1 aliphatic carbocycles. The SMILES string of the molecule is O=C(O)CCCN(C(=O)CC1CC1)c1ccccc1. The van der Waals surface area contributed by atoms with Crippen LogP contribution >= 0.6 is 0 Å². The van der Waals surface area contributed by atoms with E-state index in [-0.39, 0.29) is 12.3 Å². The highest BCUT2D eigenvalue weighted by Crippen LogP contribution is 2.33. The number of hydrogen-bond donors (Lipinski definition) is 1. The van der Waals surface area contributed by atoms with E-state index in [1.807, 2.05) is 30.3 Å². The minimum absolute atomic E-state index is 0.0973. The zero-order valence-corrected chi connectivity index (χ0v) is 10.9. The summed E-state index contributed by atoms with van der Waals surface area (Å²) in [7, 11) is 0. The molecular weight excluding hydrogens is 242 g/mol. The van der Waals surface area contributed by atoms with Crippen LogP contribution in [0.2, 0.25) is 0 Å². The molecule has 1 aliphatic rings. The standard InChI is InChI=1S/C15H19NO3/c17-14(11-12-8-9-12)16(10-4-7-15(18)19)13-5-2-1-3-6-13/h1-3,5-6,12H,4,7-11H2,(H,18,19). The number of aliphatic carboxylic acids is 1. The van der Waals surface area contributed by atoms with Gasteiger partial charge in [0.2, 0.25) is 5.91 Å². The molecule has 19 heavy (non-hydrogen) atoms. The number of anilines is 1. The summed E-state index contributed by atoms with van der Waals surface area (Å²) in [5.74, 6) is -0.167. The third kappa shape index (κ3) is 4.39. The maximum atomic E-state index is 12.2. The van der Waals surface area contributed by atoms with Crippen LogP contribution in [0.4, 0.5) is 5.69 Å². The average Bonchev–Trinajstić information content (AvgIpc) is 3.19. The number of para-hydroxylation sites is 1. The lowest BCUT2D eigenvalue weighted by molar-refractivity contribution is -0.137. The van der Waals surface area contributed by atoms with Crippen molar-refractivity contribution >= 4 is 17.6 Å². The third-order valence-electron chi connectivity index (χ3n) is 3.30. The summed E-state index contributed by atoms with van der Waals surface area (Å²) in [6, 6.07) is 9.48. The van der Waals surface area contributed by atoms with Gasteiger partial charge in [-0.25, -0.2) is 0 Å². The minimum Gasteiger partial charge on any atom is -0.481 e. The number of hydrogen-bond acceptors (Lipinski definition) is 2. The van der Waals surface area contributed by atoms with Gasteiger partial charge in [0.05, 0.1) is 0 Å². The van der Waals surface area contributed by atoms with Crippen LogP contribution in [0, 0.1) is 5.92 Å². The number of carbonyl (C=O) groups excluding carboxylic acids is 1. The van der Waals surface area contributed by atoms with Gasteiger partial charge in [0.1, 0.15) is 0 Å². The minimum atomic E-state index is -0.817. The first-order chi connectivity index (χ1) is 9.16. The monoisotopic (exact) mass is 261 g/mol. The number of carboxylic acid groups (broad SMARTS) is 1. The number of nitrogens with zero attached hydrogens (tertiary/aromatic N) is 1. The summed E-state index contributed by atoms with van der Waals surface area (Å²) >= 11 is 0. The van der Waals surface area contributed by atoms with Gasteiger partial charge in [0, 0.05) is 25.1 Å². The summed E-state index contributed by atoms with van der Waals surface area (Å²) in [5.41, 5.74) is 0.860. The van der Waals surface area contributed by atoms with Gasteiger partial charge in [-0.05, 0) is 37.3 Å². The largest absolute Gasteiger partial charge is 0.481 e. The predicted molar refractivity (Wildman–Crippen MR) is 73.0 cm³/mol. The van der Waals surface area contributed by atoms with Crippen molar-refractivity contribution in [3.05, 3.63) is 30.3 Å².